The molecule has 0 amide bonds. The molecule has 0 bridgehead atoms. The van der Waals surface area contributed by atoms with E-state index in [1.807, 2.05) is 6.08 Å². The molecule has 0 fully saturated rings. The van der Waals surface area contributed by atoms with Crippen LogP contribution in [0.4, 0.5) is 0 Å². The molecule has 32 heavy (non-hydrogen) atoms. The van der Waals surface area contributed by atoms with Crippen molar-refractivity contribution in [2.75, 3.05) is 6.16 Å². The van der Waals surface area contributed by atoms with Crippen molar-refractivity contribution in [3.05, 3.63) is 133 Å². The zero-order valence-electron chi connectivity index (χ0n) is 18.8. The standard InChI is InChI=1S/C31H33P/c1-2-27-22-24-28(25-23-27)15-7-6-14-26-32(29-16-8-3-9-17-29,30-18-10-4-11-19-30)31-20-12-5-13-21-31/h2-5,8-13,16-25,32H,1,6-7,14-15,26H2. The molecular formula is C31H33P. The predicted octanol–water partition coefficient (Wildman–Crippen LogP) is 6.77. The fourth-order valence-corrected chi connectivity index (χ4v) is 9.75. The van der Waals surface area contributed by atoms with Gasteiger partial charge in [0.05, 0.1) is 0 Å². The van der Waals surface area contributed by atoms with Crippen molar-refractivity contribution in [1.82, 2.24) is 0 Å². The van der Waals surface area contributed by atoms with Crippen LogP contribution in [-0.2, 0) is 6.42 Å². The van der Waals surface area contributed by atoms with Gasteiger partial charge in [0.2, 0.25) is 0 Å². The average molecular weight is 437 g/mol. The van der Waals surface area contributed by atoms with E-state index in [0.29, 0.717) is 0 Å². The van der Waals surface area contributed by atoms with Crippen molar-refractivity contribution >= 4 is 29.3 Å². The van der Waals surface area contributed by atoms with Gasteiger partial charge in [-0.05, 0) is 0 Å². The van der Waals surface area contributed by atoms with Gasteiger partial charge < -0.3 is 0 Å². The molecule has 1 heteroatoms. The molecule has 0 atom stereocenters. The molecule has 0 saturated heterocycles. The third kappa shape index (κ3) is 5.09. The van der Waals surface area contributed by atoms with E-state index in [2.05, 4.69) is 122 Å². The van der Waals surface area contributed by atoms with Crippen molar-refractivity contribution in [3.8, 4) is 0 Å². The summed E-state index contributed by atoms with van der Waals surface area (Å²) in [6, 6.07) is 42.6. The van der Waals surface area contributed by atoms with Crippen LogP contribution in [0, 0.1) is 0 Å². The Balaban J connectivity index is 1.56. The fraction of sp³-hybridized carbons (Fsp3) is 0.161. The van der Waals surface area contributed by atoms with Gasteiger partial charge in [0.1, 0.15) is 0 Å². The van der Waals surface area contributed by atoms with E-state index in [4.69, 9.17) is 0 Å². The monoisotopic (exact) mass is 436 g/mol. The summed E-state index contributed by atoms with van der Waals surface area (Å²) in [5, 5.41) is 4.53. The summed E-state index contributed by atoms with van der Waals surface area (Å²) in [5.74, 6) is 0. The van der Waals surface area contributed by atoms with E-state index in [0.717, 1.165) is 6.42 Å². The number of aryl methyl sites for hydroxylation is 1. The van der Waals surface area contributed by atoms with Crippen LogP contribution in [-0.4, -0.2) is 6.16 Å². The SMILES string of the molecule is C=Cc1ccc(CCCCC[PH](c2ccccc2)(c2ccccc2)c2ccccc2)cc1. The summed E-state index contributed by atoms with van der Waals surface area (Å²) in [7, 11) is -2.08. The first-order valence-corrected chi connectivity index (χ1v) is 13.9. The summed E-state index contributed by atoms with van der Waals surface area (Å²) in [6.07, 6.45) is 8.02. The van der Waals surface area contributed by atoms with Gasteiger partial charge in [0.15, 0.2) is 0 Å². The molecule has 0 aliphatic heterocycles. The van der Waals surface area contributed by atoms with Gasteiger partial charge >= 0.3 is 194 Å². The molecule has 0 spiro atoms. The second-order valence-corrected chi connectivity index (χ2v) is 12.6. The molecule has 0 aromatic heterocycles. The number of hydrogen-bond donors (Lipinski definition) is 0. The minimum absolute atomic E-state index is 1.15. The van der Waals surface area contributed by atoms with E-state index >= 15 is 0 Å². The Morgan fingerprint density at radius 1 is 0.531 bits per heavy atom. The molecule has 0 radical (unpaired) electrons. The number of rotatable bonds is 10. The Morgan fingerprint density at radius 2 is 1.00 bits per heavy atom. The van der Waals surface area contributed by atoms with Gasteiger partial charge in [-0.1, -0.05) is 0 Å². The normalized spacial score (nSPS) is 11.8. The molecule has 0 unspecified atom stereocenters. The minimum atomic E-state index is -2.08. The van der Waals surface area contributed by atoms with Gasteiger partial charge in [-0.2, -0.15) is 0 Å². The van der Waals surface area contributed by atoms with Crippen molar-refractivity contribution in [2.45, 2.75) is 25.7 Å². The molecule has 4 aromatic carbocycles. The average Bonchev–Trinajstić information content (AvgIpc) is 2.88. The molecule has 0 saturated carbocycles. The van der Waals surface area contributed by atoms with Crippen LogP contribution in [0.25, 0.3) is 6.08 Å². The Hall–Kier alpha value is -2.95. The van der Waals surface area contributed by atoms with Gasteiger partial charge in [0, 0.05) is 0 Å². The van der Waals surface area contributed by atoms with Gasteiger partial charge in [-0.25, -0.2) is 0 Å². The summed E-state index contributed by atoms with van der Waals surface area (Å²) in [4.78, 5) is 0. The molecule has 0 heterocycles. The predicted molar refractivity (Wildman–Crippen MR) is 145 cm³/mol. The topological polar surface area (TPSA) is 0 Å². The zero-order valence-corrected chi connectivity index (χ0v) is 19.8. The summed E-state index contributed by atoms with van der Waals surface area (Å²) in [6.45, 7) is 3.85. The van der Waals surface area contributed by atoms with Crippen LogP contribution in [0.2, 0.25) is 0 Å². The second kappa shape index (κ2) is 11.1. The Bertz CT molecular complexity index is 987. The van der Waals surface area contributed by atoms with Crippen LogP contribution in [0.15, 0.2) is 122 Å². The molecule has 0 nitrogen and oxygen atoms in total. The van der Waals surface area contributed by atoms with Gasteiger partial charge in [-0.3, -0.25) is 0 Å². The van der Waals surface area contributed by atoms with Crippen LogP contribution < -0.4 is 15.9 Å². The maximum absolute atomic E-state index is 3.85. The quantitative estimate of drug-likeness (QED) is 0.190. The van der Waals surface area contributed by atoms with E-state index in [1.165, 1.54) is 52.5 Å². The van der Waals surface area contributed by atoms with Crippen LogP contribution >= 0.6 is 7.26 Å². The second-order valence-electron chi connectivity index (χ2n) is 8.51. The number of hydrogen-bond acceptors (Lipinski definition) is 0. The first kappa shape index (κ1) is 22.3. The van der Waals surface area contributed by atoms with Crippen molar-refractivity contribution < 1.29 is 0 Å². The van der Waals surface area contributed by atoms with Crippen LogP contribution in [0.5, 0.6) is 0 Å². The van der Waals surface area contributed by atoms with Crippen molar-refractivity contribution in [1.29, 1.82) is 0 Å². The number of unbranched alkanes of at least 4 members (excludes halogenated alkanes) is 2. The van der Waals surface area contributed by atoms with Gasteiger partial charge in [0.25, 0.3) is 0 Å². The van der Waals surface area contributed by atoms with Gasteiger partial charge in [-0.15, -0.1) is 0 Å². The van der Waals surface area contributed by atoms with E-state index in [-0.39, 0.29) is 0 Å². The summed E-state index contributed by atoms with van der Waals surface area (Å²) < 4.78 is 0. The molecule has 162 valence electrons. The first-order valence-electron chi connectivity index (χ1n) is 11.7. The Kier molecular flexibility index (Phi) is 7.70. The van der Waals surface area contributed by atoms with E-state index in [1.54, 1.807) is 0 Å². The molecule has 4 rings (SSSR count). The molecule has 0 N–H and O–H groups in total. The summed E-state index contributed by atoms with van der Waals surface area (Å²) in [5.41, 5.74) is 2.62. The zero-order chi connectivity index (χ0) is 22.1. The van der Waals surface area contributed by atoms with Crippen molar-refractivity contribution in [2.24, 2.45) is 0 Å². The molecule has 0 aliphatic carbocycles. The summed E-state index contributed by atoms with van der Waals surface area (Å²) >= 11 is 0. The van der Waals surface area contributed by atoms with Crippen LogP contribution in [0.3, 0.4) is 0 Å². The molecular weight excluding hydrogens is 403 g/mol. The Morgan fingerprint density at radius 3 is 1.44 bits per heavy atom. The third-order valence-corrected chi connectivity index (χ3v) is 11.6. The van der Waals surface area contributed by atoms with E-state index < -0.39 is 7.26 Å². The molecule has 4 aromatic rings. The van der Waals surface area contributed by atoms with Crippen LogP contribution in [0.1, 0.15) is 30.4 Å². The fourth-order valence-electron chi connectivity index (χ4n) is 4.82. The first-order chi connectivity index (χ1) is 15.8. The molecule has 0 aliphatic rings. The number of benzene rings is 4. The Labute approximate surface area is 194 Å². The third-order valence-electron chi connectivity index (χ3n) is 6.53. The van der Waals surface area contributed by atoms with E-state index in [9.17, 15) is 0 Å². The maximum atomic E-state index is 3.85. The van der Waals surface area contributed by atoms with Crippen molar-refractivity contribution in [3.63, 3.8) is 0 Å².